The second-order valence-electron chi connectivity index (χ2n) is 5.56. The number of nitrogens with one attached hydrogen (secondary N) is 1. The van der Waals surface area contributed by atoms with E-state index >= 15 is 0 Å². The zero-order valence-electron chi connectivity index (χ0n) is 14.7. The number of aromatic nitrogens is 3. The van der Waals surface area contributed by atoms with E-state index in [-0.39, 0.29) is 0 Å². The first-order valence-corrected chi connectivity index (χ1v) is 8.71. The van der Waals surface area contributed by atoms with Crippen LogP contribution in [0.25, 0.3) is 11.4 Å². The number of nitrogens with zero attached hydrogens (tertiary/aromatic N) is 3. The topological polar surface area (TPSA) is 64.4 Å². The largest absolute Gasteiger partial charge is 0.497 e. The smallest absolute Gasteiger partial charge is 0.216 e. The highest BCUT2D eigenvalue weighted by molar-refractivity contribution is 7.71. The Bertz CT molecular complexity index is 945. The Morgan fingerprint density at radius 1 is 1.19 bits per heavy atom. The van der Waals surface area contributed by atoms with Gasteiger partial charge in [-0.15, -0.1) is 0 Å². The van der Waals surface area contributed by atoms with Crippen molar-refractivity contribution in [2.45, 2.75) is 13.3 Å². The number of hydrogen-bond donors (Lipinski definition) is 1. The minimum atomic E-state index is 0.418. The van der Waals surface area contributed by atoms with Crippen LogP contribution in [-0.2, 0) is 0 Å². The van der Waals surface area contributed by atoms with Gasteiger partial charge >= 0.3 is 0 Å². The van der Waals surface area contributed by atoms with Gasteiger partial charge in [0.15, 0.2) is 5.82 Å². The fourth-order valence-corrected chi connectivity index (χ4v) is 2.52. The quantitative estimate of drug-likeness (QED) is 0.499. The van der Waals surface area contributed by atoms with Crippen LogP contribution in [0.3, 0.4) is 0 Å². The zero-order chi connectivity index (χ0) is 18.4. The number of hydrogen-bond acceptors (Lipinski definition) is 5. The molecule has 0 amide bonds. The molecule has 1 aromatic heterocycles. The van der Waals surface area contributed by atoms with Crippen LogP contribution in [0.1, 0.15) is 18.9 Å². The molecule has 0 unspecified atom stereocenters. The first-order chi connectivity index (χ1) is 12.7. The summed E-state index contributed by atoms with van der Waals surface area (Å²) in [7, 11) is 1.63. The first kappa shape index (κ1) is 17.9. The molecule has 134 valence electrons. The molecular weight excluding hydrogens is 348 g/mol. The van der Waals surface area contributed by atoms with E-state index in [0.29, 0.717) is 17.2 Å². The van der Waals surface area contributed by atoms with Gasteiger partial charge in [-0.1, -0.05) is 19.1 Å². The summed E-state index contributed by atoms with van der Waals surface area (Å²) in [6, 6.07) is 15.3. The standard InChI is InChI=1S/C19H20N4O2S/c1-3-11-25-16-9-7-14(8-10-16)13-20-23-18(21-22-19(23)26)15-5-4-6-17(12-15)24-2/h4-10,12-13H,3,11H2,1-2H3,(H,22,26). The average Bonchev–Trinajstić information content (AvgIpc) is 3.06. The lowest BCUT2D eigenvalue weighted by Gasteiger charge is -2.05. The van der Waals surface area contributed by atoms with Crippen molar-refractivity contribution in [3.05, 3.63) is 58.9 Å². The third kappa shape index (κ3) is 4.18. The van der Waals surface area contributed by atoms with Crippen molar-refractivity contribution in [3.63, 3.8) is 0 Å². The summed E-state index contributed by atoms with van der Waals surface area (Å²) in [5.74, 6) is 2.21. The molecule has 0 saturated carbocycles. The molecule has 0 bridgehead atoms. The maximum atomic E-state index is 5.59. The van der Waals surface area contributed by atoms with E-state index in [1.165, 1.54) is 0 Å². The third-order valence-corrected chi connectivity index (χ3v) is 3.92. The van der Waals surface area contributed by atoms with Gasteiger partial charge in [0.05, 0.1) is 19.9 Å². The molecule has 0 saturated heterocycles. The molecule has 7 heteroatoms. The van der Waals surface area contributed by atoms with Crippen molar-refractivity contribution >= 4 is 18.4 Å². The van der Waals surface area contributed by atoms with Crippen LogP contribution in [0, 0.1) is 4.77 Å². The van der Waals surface area contributed by atoms with Crippen molar-refractivity contribution < 1.29 is 9.47 Å². The molecule has 0 atom stereocenters. The van der Waals surface area contributed by atoms with Crippen LogP contribution in [0.2, 0.25) is 0 Å². The fraction of sp³-hybridized carbons (Fsp3) is 0.211. The minimum Gasteiger partial charge on any atom is -0.497 e. The van der Waals surface area contributed by atoms with Gasteiger partial charge in [0.25, 0.3) is 0 Å². The summed E-state index contributed by atoms with van der Waals surface area (Å²) < 4.78 is 12.9. The number of methoxy groups -OCH3 is 1. The van der Waals surface area contributed by atoms with E-state index < -0.39 is 0 Å². The molecular formula is C19H20N4O2S. The van der Waals surface area contributed by atoms with Gasteiger partial charge in [-0.3, -0.25) is 0 Å². The normalized spacial score (nSPS) is 11.0. The predicted molar refractivity (Wildman–Crippen MR) is 105 cm³/mol. The Balaban J connectivity index is 1.85. The molecule has 3 aromatic rings. The Labute approximate surface area is 157 Å². The second kappa shape index (κ2) is 8.44. The summed E-state index contributed by atoms with van der Waals surface area (Å²) in [6.07, 6.45) is 2.72. The Morgan fingerprint density at radius 3 is 2.73 bits per heavy atom. The Hall–Kier alpha value is -2.93. The minimum absolute atomic E-state index is 0.418. The summed E-state index contributed by atoms with van der Waals surface area (Å²) in [6.45, 7) is 2.79. The van der Waals surface area contributed by atoms with E-state index in [0.717, 1.165) is 29.0 Å². The van der Waals surface area contributed by atoms with Crippen LogP contribution >= 0.6 is 12.2 Å². The first-order valence-electron chi connectivity index (χ1n) is 8.30. The fourth-order valence-electron chi connectivity index (χ4n) is 2.34. The number of aromatic amines is 1. The van der Waals surface area contributed by atoms with E-state index in [9.17, 15) is 0 Å². The van der Waals surface area contributed by atoms with Crippen LogP contribution in [0.4, 0.5) is 0 Å². The van der Waals surface area contributed by atoms with Crippen LogP contribution in [0.15, 0.2) is 53.6 Å². The molecule has 0 aliphatic rings. The molecule has 0 fully saturated rings. The van der Waals surface area contributed by atoms with E-state index in [1.807, 2.05) is 48.5 Å². The zero-order valence-corrected chi connectivity index (χ0v) is 15.5. The van der Waals surface area contributed by atoms with Crippen LogP contribution in [-0.4, -0.2) is 34.8 Å². The van der Waals surface area contributed by atoms with Gasteiger partial charge in [-0.2, -0.15) is 14.9 Å². The molecule has 1 N–H and O–H groups in total. The van der Waals surface area contributed by atoms with Crippen molar-refractivity contribution in [1.82, 2.24) is 14.9 Å². The van der Waals surface area contributed by atoms with Gasteiger partial charge in [-0.05, 0) is 60.6 Å². The summed E-state index contributed by atoms with van der Waals surface area (Å²) >= 11 is 5.30. The second-order valence-corrected chi connectivity index (χ2v) is 5.94. The Morgan fingerprint density at radius 2 is 2.00 bits per heavy atom. The molecule has 0 aliphatic carbocycles. The van der Waals surface area contributed by atoms with Gasteiger partial charge in [0.1, 0.15) is 11.5 Å². The molecule has 6 nitrogen and oxygen atoms in total. The van der Waals surface area contributed by atoms with Crippen molar-refractivity contribution in [3.8, 4) is 22.9 Å². The van der Waals surface area contributed by atoms with Gasteiger partial charge in [0, 0.05) is 5.56 Å². The highest BCUT2D eigenvalue weighted by Crippen LogP contribution is 2.22. The highest BCUT2D eigenvalue weighted by Gasteiger charge is 2.09. The SMILES string of the molecule is CCCOc1ccc(C=Nn2c(-c3cccc(OC)c3)n[nH]c2=S)cc1. The van der Waals surface area contributed by atoms with Crippen LogP contribution < -0.4 is 9.47 Å². The molecule has 1 heterocycles. The summed E-state index contributed by atoms with van der Waals surface area (Å²) in [5.41, 5.74) is 1.80. The Kier molecular flexibility index (Phi) is 5.80. The molecule has 26 heavy (non-hydrogen) atoms. The van der Waals surface area contributed by atoms with Gasteiger partial charge < -0.3 is 9.47 Å². The summed E-state index contributed by atoms with van der Waals surface area (Å²) in [5, 5.41) is 11.5. The maximum absolute atomic E-state index is 5.59. The summed E-state index contributed by atoms with van der Waals surface area (Å²) in [4.78, 5) is 0. The van der Waals surface area contributed by atoms with Crippen LogP contribution in [0.5, 0.6) is 11.5 Å². The average molecular weight is 368 g/mol. The molecule has 0 radical (unpaired) electrons. The van der Waals surface area contributed by atoms with Crippen molar-refractivity contribution in [2.75, 3.05) is 13.7 Å². The highest BCUT2D eigenvalue weighted by atomic mass is 32.1. The molecule has 0 aliphatic heterocycles. The lowest BCUT2D eigenvalue weighted by Crippen LogP contribution is -1.96. The van der Waals surface area contributed by atoms with E-state index in [1.54, 1.807) is 18.0 Å². The number of ether oxygens (including phenoxy) is 2. The monoisotopic (exact) mass is 368 g/mol. The predicted octanol–water partition coefficient (Wildman–Crippen LogP) is 4.29. The molecule has 0 spiro atoms. The number of benzene rings is 2. The van der Waals surface area contributed by atoms with Crippen molar-refractivity contribution in [2.24, 2.45) is 5.10 Å². The lowest BCUT2D eigenvalue weighted by atomic mass is 10.2. The molecule has 3 rings (SSSR count). The van der Waals surface area contributed by atoms with Gasteiger partial charge in [-0.25, -0.2) is 5.10 Å². The number of H-pyrrole nitrogens is 1. The van der Waals surface area contributed by atoms with Crippen molar-refractivity contribution in [1.29, 1.82) is 0 Å². The maximum Gasteiger partial charge on any atom is 0.216 e. The van der Waals surface area contributed by atoms with E-state index in [2.05, 4.69) is 22.2 Å². The molecule has 2 aromatic carbocycles. The van der Waals surface area contributed by atoms with E-state index in [4.69, 9.17) is 21.7 Å². The third-order valence-electron chi connectivity index (χ3n) is 3.65. The number of rotatable bonds is 7. The van der Waals surface area contributed by atoms with Gasteiger partial charge in [0.2, 0.25) is 4.77 Å². The lowest BCUT2D eigenvalue weighted by molar-refractivity contribution is 0.317.